The van der Waals surface area contributed by atoms with Crippen LogP contribution in [0.2, 0.25) is 10.0 Å². The fraction of sp³-hybridized carbons (Fsp3) is 0.0833. The minimum atomic E-state index is -0.185. The Labute approximate surface area is 136 Å². The van der Waals surface area contributed by atoms with Crippen molar-refractivity contribution >= 4 is 55.4 Å². The van der Waals surface area contributed by atoms with Crippen LogP contribution in [-0.4, -0.2) is 14.5 Å². The third-order valence-electron chi connectivity index (χ3n) is 2.66. The Morgan fingerprint density at radius 2 is 2.15 bits per heavy atom. The molecule has 0 aliphatic rings. The maximum atomic E-state index is 9.47. The van der Waals surface area contributed by atoms with Gasteiger partial charge in [0.1, 0.15) is 11.4 Å². The average Bonchev–Trinajstić information content (AvgIpc) is 2.96. The second-order valence-electron chi connectivity index (χ2n) is 3.88. The van der Waals surface area contributed by atoms with Crippen molar-refractivity contribution in [1.82, 2.24) is 9.38 Å². The van der Waals surface area contributed by atoms with E-state index in [9.17, 15) is 5.11 Å². The van der Waals surface area contributed by atoms with Crippen LogP contribution in [0.5, 0.6) is 11.6 Å². The molecular formula is C12H7BrCl2N2O2S. The number of imidazole rings is 1. The quantitative estimate of drug-likeness (QED) is 0.653. The van der Waals surface area contributed by atoms with Crippen LogP contribution in [0, 0.1) is 0 Å². The number of thiazole rings is 1. The number of rotatable bonds is 3. The molecule has 0 atom stereocenters. The van der Waals surface area contributed by atoms with E-state index in [1.807, 2.05) is 11.6 Å². The van der Waals surface area contributed by atoms with E-state index >= 15 is 0 Å². The van der Waals surface area contributed by atoms with Crippen molar-refractivity contribution in [2.75, 3.05) is 0 Å². The zero-order valence-electron chi connectivity index (χ0n) is 9.81. The van der Waals surface area contributed by atoms with Gasteiger partial charge in [0.25, 0.3) is 0 Å². The molecule has 20 heavy (non-hydrogen) atoms. The van der Waals surface area contributed by atoms with Crippen LogP contribution >= 0.6 is 50.5 Å². The molecule has 3 aromatic rings. The highest BCUT2D eigenvalue weighted by atomic mass is 79.9. The normalized spacial score (nSPS) is 11.2. The molecule has 4 nitrogen and oxygen atoms in total. The van der Waals surface area contributed by atoms with Crippen molar-refractivity contribution in [3.8, 4) is 11.6 Å². The molecule has 0 saturated carbocycles. The second kappa shape index (κ2) is 5.54. The molecule has 2 aromatic heterocycles. The summed E-state index contributed by atoms with van der Waals surface area (Å²) in [6, 6.07) is 3.25. The maximum Gasteiger partial charge on any atom is 0.244 e. The number of aromatic nitrogens is 2. The molecule has 0 aliphatic heterocycles. The fourth-order valence-corrected chi connectivity index (χ4v) is 3.28. The molecule has 104 valence electrons. The van der Waals surface area contributed by atoms with E-state index in [-0.39, 0.29) is 6.61 Å². The van der Waals surface area contributed by atoms with Crippen LogP contribution in [0.25, 0.3) is 4.96 Å². The highest BCUT2D eigenvalue weighted by molar-refractivity contribution is 9.10. The van der Waals surface area contributed by atoms with Crippen molar-refractivity contribution < 1.29 is 9.84 Å². The lowest BCUT2D eigenvalue weighted by atomic mass is 10.3. The van der Waals surface area contributed by atoms with Gasteiger partial charge in [-0.2, -0.15) is 4.98 Å². The lowest BCUT2D eigenvalue weighted by Gasteiger charge is -2.08. The Morgan fingerprint density at radius 1 is 1.35 bits per heavy atom. The Balaban J connectivity index is 2.05. The van der Waals surface area contributed by atoms with Crippen LogP contribution in [0.4, 0.5) is 0 Å². The van der Waals surface area contributed by atoms with E-state index in [2.05, 4.69) is 20.9 Å². The highest BCUT2D eigenvalue weighted by Crippen LogP contribution is 2.37. The van der Waals surface area contributed by atoms with Gasteiger partial charge in [-0.05, 0) is 22.0 Å². The van der Waals surface area contributed by atoms with Crippen LogP contribution in [0.3, 0.4) is 0 Å². The number of aliphatic hydroxyl groups is 1. The van der Waals surface area contributed by atoms with E-state index in [0.717, 1.165) is 4.96 Å². The van der Waals surface area contributed by atoms with Crippen molar-refractivity contribution in [2.24, 2.45) is 0 Å². The van der Waals surface area contributed by atoms with E-state index in [1.54, 1.807) is 16.5 Å². The first-order chi connectivity index (χ1) is 9.60. The number of ether oxygens (including phenoxy) is 1. The van der Waals surface area contributed by atoms with Gasteiger partial charge in [-0.3, -0.25) is 4.40 Å². The Bertz CT molecular complexity index is 787. The SMILES string of the molecule is OCc1c(Oc2cc(Cl)c(Br)cc2Cl)nc2sccn12. The summed E-state index contributed by atoms with van der Waals surface area (Å²) in [6.07, 6.45) is 1.82. The van der Waals surface area contributed by atoms with Gasteiger partial charge in [0.2, 0.25) is 5.88 Å². The molecule has 0 aliphatic carbocycles. The van der Waals surface area contributed by atoms with E-state index in [0.29, 0.717) is 31.8 Å². The zero-order chi connectivity index (χ0) is 14.3. The van der Waals surface area contributed by atoms with Crippen LogP contribution < -0.4 is 4.74 Å². The Kier molecular flexibility index (Phi) is 3.92. The minimum Gasteiger partial charge on any atom is -0.436 e. The van der Waals surface area contributed by atoms with Gasteiger partial charge in [-0.25, -0.2) is 0 Å². The molecule has 1 aromatic carbocycles. The van der Waals surface area contributed by atoms with Gasteiger partial charge in [0.15, 0.2) is 4.96 Å². The first-order valence-electron chi connectivity index (χ1n) is 5.48. The summed E-state index contributed by atoms with van der Waals surface area (Å²) in [4.78, 5) is 5.06. The number of fused-ring (bicyclic) bond motifs is 1. The van der Waals surface area contributed by atoms with Gasteiger partial charge < -0.3 is 9.84 Å². The van der Waals surface area contributed by atoms with Crippen LogP contribution in [0.15, 0.2) is 28.2 Å². The van der Waals surface area contributed by atoms with E-state index in [1.165, 1.54) is 11.3 Å². The minimum absolute atomic E-state index is 0.185. The second-order valence-corrected chi connectivity index (χ2v) is 6.42. The summed E-state index contributed by atoms with van der Waals surface area (Å²) >= 11 is 16.9. The van der Waals surface area contributed by atoms with E-state index in [4.69, 9.17) is 27.9 Å². The molecule has 8 heteroatoms. The summed E-state index contributed by atoms with van der Waals surface area (Å²) < 4.78 is 8.14. The summed E-state index contributed by atoms with van der Waals surface area (Å²) in [5.74, 6) is 0.708. The summed E-state index contributed by atoms with van der Waals surface area (Å²) in [7, 11) is 0. The van der Waals surface area contributed by atoms with Crippen LogP contribution in [0.1, 0.15) is 5.69 Å². The molecule has 2 heterocycles. The number of halogens is 3. The molecule has 0 bridgehead atoms. The van der Waals surface area contributed by atoms with Gasteiger partial charge in [0.05, 0.1) is 16.7 Å². The van der Waals surface area contributed by atoms with Crippen molar-refractivity contribution in [3.05, 3.63) is 43.9 Å². The molecular weight excluding hydrogens is 387 g/mol. The first kappa shape index (κ1) is 14.2. The molecule has 1 N–H and O–H groups in total. The largest absolute Gasteiger partial charge is 0.436 e. The topological polar surface area (TPSA) is 46.8 Å². The predicted octanol–water partition coefficient (Wildman–Crippen LogP) is 4.75. The standard InChI is InChI=1S/C12H7BrCl2N2O2S/c13-6-3-8(15)10(4-7(6)14)19-11-9(5-18)17-1-2-20-12(17)16-11/h1-4,18H,5H2. The molecule has 0 amide bonds. The number of aliphatic hydroxyl groups excluding tert-OH is 1. The third kappa shape index (κ3) is 2.42. The average molecular weight is 394 g/mol. The fourth-order valence-electron chi connectivity index (χ4n) is 1.72. The van der Waals surface area contributed by atoms with Crippen molar-refractivity contribution in [3.63, 3.8) is 0 Å². The molecule has 0 saturated heterocycles. The molecule has 3 rings (SSSR count). The predicted molar refractivity (Wildman–Crippen MR) is 83.2 cm³/mol. The summed E-state index contributed by atoms with van der Waals surface area (Å²) in [5.41, 5.74) is 0.566. The Morgan fingerprint density at radius 3 is 2.90 bits per heavy atom. The molecule has 0 spiro atoms. The summed E-state index contributed by atoms with van der Waals surface area (Å²) in [5, 5.41) is 12.2. The highest BCUT2D eigenvalue weighted by Gasteiger charge is 2.16. The molecule has 0 radical (unpaired) electrons. The smallest absolute Gasteiger partial charge is 0.244 e. The van der Waals surface area contributed by atoms with Gasteiger partial charge in [-0.15, -0.1) is 11.3 Å². The number of nitrogens with zero attached hydrogens (tertiary/aromatic N) is 2. The number of hydrogen-bond donors (Lipinski definition) is 1. The van der Waals surface area contributed by atoms with E-state index < -0.39 is 0 Å². The van der Waals surface area contributed by atoms with Gasteiger partial charge in [-0.1, -0.05) is 23.2 Å². The Hall–Kier alpha value is -0.790. The number of hydrogen-bond acceptors (Lipinski definition) is 4. The summed E-state index contributed by atoms with van der Waals surface area (Å²) in [6.45, 7) is -0.185. The molecule has 0 fully saturated rings. The van der Waals surface area contributed by atoms with Crippen molar-refractivity contribution in [2.45, 2.75) is 6.61 Å². The van der Waals surface area contributed by atoms with Crippen molar-refractivity contribution in [1.29, 1.82) is 0 Å². The first-order valence-corrected chi connectivity index (χ1v) is 7.90. The lowest BCUT2D eigenvalue weighted by Crippen LogP contribution is -1.94. The zero-order valence-corrected chi connectivity index (χ0v) is 13.7. The lowest BCUT2D eigenvalue weighted by molar-refractivity contribution is 0.270. The maximum absolute atomic E-state index is 9.47. The van der Waals surface area contributed by atoms with Crippen LogP contribution in [-0.2, 0) is 6.61 Å². The monoisotopic (exact) mass is 392 g/mol. The number of benzene rings is 1. The van der Waals surface area contributed by atoms with Gasteiger partial charge in [0, 0.05) is 22.1 Å². The van der Waals surface area contributed by atoms with Gasteiger partial charge >= 0.3 is 0 Å². The third-order valence-corrected chi connectivity index (χ3v) is 4.90. The molecule has 0 unspecified atom stereocenters.